The Morgan fingerprint density at radius 3 is 3.05 bits per heavy atom. The number of nitrogens with zero attached hydrogens (tertiary/aromatic N) is 3. The van der Waals surface area contributed by atoms with Crippen molar-refractivity contribution in [3.8, 4) is 0 Å². The van der Waals surface area contributed by atoms with Gasteiger partial charge in [-0.05, 0) is 13.0 Å². The van der Waals surface area contributed by atoms with Crippen LogP contribution in [0.2, 0.25) is 0 Å². The van der Waals surface area contributed by atoms with Crippen LogP contribution in [0.5, 0.6) is 0 Å². The molecular weight excluding hydrogens is 278 g/mol. The molecule has 112 valence electrons. The van der Waals surface area contributed by atoms with Crippen molar-refractivity contribution in [3.05, 3.63) is 46.9 Å². The smallest absolute Gasteiger partial charge is 0.228 e. The number of nitrogens with one attached hydrogen (secondary N) is 2. The van der Waals surface area contributed by atoms with Crippen molar-refractivity contribution in [2.24, 2.45) is 0 Å². The minimum absolute atomic E-state index is 0.126. The van der Waals surface area contributed by atoms with Crippen LogP contribution >= 0.6 is 0 Å². The topological polar surface area (TPSA) is 77.7 Å². The Morgan fingerprint density at radius 1 is 1.27 bits per heavy atom. The standard InChI is InChI=1S/C16H17N5O/c1-10-12-9-21(7-6-14(12)18-17-10)16(22)8-15-11-4-2-3-5-13(11)19-20-15/h2-5H,6-9H2,1H3,(H,17,18)(H,19,20). The molecule has 3 aromatic rings. The number of aryl methyl sites for hydroxylation is 1. The van der Waals surface area contributed by atoms with E-state index in [1.807, 2.05) is 36.1 Å². The summed E-state index contributed by atoms with van der Waals surface area (Å²) in [6.07, 6.45) is 1.17. The second-order valence-electron chi connectivity index (χ2n) is 5.74. The molecule has 1 aromatic carbocycles. The molecule has 1 aliphatic rings. The van der Waals surface area contributed by atoms with Crippen molar-refractivity contribution >= 4 is 16.8 Å². The Labute approximate surface area is 127 Å². The van der Waals surface area contributed by atoms with Gasteiger partial charge in [-0.1, -0.05) is 18.2 Å². The highest BCUT2D eigenvalue weighted by Gasteiger charge is 2.24. The summed E-state index contributed by atoms with van der Waals surface area (Å²) in [5.41, 5.74) is 5.09. The molecule has 0 unspecified atom stereocenters. The van der Waals surface area contributed by atoms with E-state index in [1.54, 1.807) is 0 Å². The molecule has 22 heavy (non-hydrogen) atoms. The van der Waals surface area contributed by atoms with Crippen molar-refractivity contribution in [2.45, 2.75) is 26.3 Å². The second kappa shape index (κ2) is 4.98. The number of hydrogen-bond acceptors (Lipinski definition) is 3. The lowest BCUT2D eigenvalue weighted by Gasteiger charge is -2.26. The van der Waals surface area contributed by atoms with Crippen molar-refractivity contribution in [3.63, 3.8) is 0 Å². The monoisotopic (exact) mass is 295 g/mol. The molecule has 2 N–H and O–H groups in total. The quantitative estimate of drug-likeness (QED) is 0.755. The largest absolute Gasteiger partial charge is 0.338 e. The second-order valence-corrected chi connectivity index (χ2v) is 5.74. The average Bonchev–Trinajstić information content (AvgIpc) is 3.12. The molecule has 0 saturated heterocycles. The maximum Gasteiger partial charge on any atom is 0.228 e. The van der Waals surface area contributed by atoms with Crippen LogP contribution in [0.4, 0.5) is 0 Å². The summed E-state index contributed by atoms with van der Waals surface area (Å²) in [6, 6.07) is 7.86. The molecule has 1 amide bonds. The molecular formula is C16H17N5O. The van der Waals surface area contributed by atoms with Gasteiger partial charge in [0.15, 0.2) is 0 Å². The molecule has 0 saturated carbocycles. The lowest BCUT2D eigenvalue weighted by Crippen LogP contribution is -2.37. The number of fused-ring (bicyclic) bond motifs is 2. The van der Waals surface area contributed by atoms with E-state index < -0.39 is 0 Å². The molecule has 0 bridgehead atoms. The number of amides is 1. The van der Waals surface area contributed by atoms with E-state index in [2.05, 4.69) is 20.4 Å². The minimum Gasteiger partial charge on any atom is -0.338 e. The zero-order valence-corrected chi connectivity index (χ0v) is 12.4. The first kappa shape index (κ1) is 13.1. The highest BCUT2D eigenvalue weighted by atomic mass is 16.2. The van der Waals surface area contributed by atoms with Crippen molar-refractivity contribution in [1.82, 2.24) is 25.3 Å². The van der Waals surface area contributed by atoms with Gasteiger partial charge in [-0.2, -0.15) is 10.2 Å². The fraction of sp³-hybridized carbons (Fsp3) is 0.312. The number of rotatable bonds is 2. The van der Waals surface area contributed by atoms with E-state index in [9.17, 15) is 4.79 Å². The summed E-state index contributed by atoms with van der Waals surface area (Å²) < 4.78 is 0. The van der Waals surface area contributed by atoms with Gasteiger partial charge in [-0.25, -0.2) is 0 Å². The molecule has 0 spiro atoms. The lowest BCUT2D eigenvalue weighted by molar-refractivity contribution is -0.131. The number of carbonyl (C=O) groups excluding carboxylic acids is 1. The lowest BCUT2D eigenvalue weighted by atomic mass is 10.0. The molecule has 0 radical (unpaired) electrons. The van der Waals surface area contributed by atoms with Gasteiger partial charge in [0.05, 0.1) is 23.3 Å². The van der Waals surface area contributed by atoms with Crippen molar-refractivity contribution < 1.29 is 4.79 Å². The van der Waals surface area contributed by atoms with E-state index in [-0.39, 0.29) is 5.91 Å². The van der Waals surface area contributed by atoms with E-state index in [0.717, 1.165) is 46.5 Å². The van der Waals surface area contributed by atoms with Crippen molar-refractivity contribution in [1.29, 1.82) is 0 Å². The Kier molecular flexibility index (Phi) is 2.96. The number of benzene rings is 1. The number of para-hydroxylation sites is 1. The number of carbonyl (C=O) groups is 1. The molecule has 2 aromatic heterocycles. The van der Waals surface area contributed by atoms with Gasteiger partial charge in [0.2, 0.25) is 5.91 Å². The van der Waals surface area contributed by atoms with Crippen LogP contribution in [0, 0.1) is 6.92 Å². The van der Waals surface area contributed by atoms with Crippen molar-refractivity contribution in [2.75, 3.05) is 6.54 Å². The Morgan fingerprint density at radius 2 is 2.14 bits per heavy atom. The summed E-state index contributed by atoms with van der Waals surface area (Å²) >= 11 is 0. The van der Waals surface area contributed by atoms with Gasteiger partial charge < -0.3 is 4.90 Å². The fourth-order valence-electron chi connectivity index (χ4n) is 3.06. The maximum atomic E-state index is 12.6. The SMILES string of the molecule is Cc1[nH]nc2c1CN(C(=O)Cc1[nH]nc3ccccc13)CC2. The van der Waals surface area contributed by atoms with Crippen LogP contribution in [-0.2, 0) is 24.2 Å². The summed E-state index contributed by atoms with van der Waals surface area (Å²) in [5.74, 6) is 0.126. The average molecular weight is 295 g/mol. The molecule has 0 atom stereocenters. The first-order chi connectivity index (χ1) is 10.7. The summed E-state index contributed by atoms with van der Waals surface area (Å²) in [6.45, 7) is 3.37. The van der Waals surface area contributed by atoms with Gasteiger partial charge in [0.25, 0.3) is 0 Å². The van der Waals surface area contributed by atoms with Gasteiger partial charge in [-0.3, -0.25) is 15.0 Å². The van der Waals surface area contributed by atoms with E-state index >= 15 is 0 Å². The van der Waals surface area contributed by atoms with Gasteiger partial charge >= 0.3 is 0 Å². The Balaban J connectivity index is 1.55. The third kappa shape index (κ3) is 2.07. The van der Waals surface area contributed by atoms with Crippen LogP contribution in [-0.4, -0.2) is 37.7 Å². The van der Waals surface area contributed by atoms with Crippen LogP contribution in [0.3, 0.4) is 0 Å². The van der Waals surface area contributed by atoms with Crippen LogP contribution in [0.1, 0.15) is 22.6 Å². The molecule has 6 heteroatoms. The van der Waals surface area contributed by atoms with Crippen LogP contribution < -0.4 is 0 Å². The number of aromatic nitrogens is 4. The zero-order chi connectivity index (χ0) is 15.1. The molecule has 3 heterocycles. The fourth-order valence-corrected chi connectivity index (χ4v) is 3.06. The predicted molar refractivity (Wildman–Crippen MR) is 82.2 cm³/mol. The highest BCUT2D eigenvalue weighted by molar-refractivity contribution is 5.87. The van der Waals surface area contributed by atoms with E-state index in [4.69, 9.17) is 0 Å². The minimum atomic E-state index is 0.126. The summed E-state index contributed by atoms with van der Waals surface area (Å²) in [4.78, 5) is 14.5. The predicted octanol–water partition coefficient (Wildman–Crippen LogP) is 1.72. The molecule has 0 aliphatic carbocycles. The van der Waals surface area contributed by atoms with E-state index in [0.29, 0.717) is 13.0 Å². The summed E-state index contributed by atoms with van der Waals surface area (Å²) in [7, 11) is 0. The third-order valence-corrected chi connectivity index (χ3v) is 4.35. The number of hydrogen-bond donors (Lipinski definition) is 2. The van der Waals surface area contributed by atoms with Gasteiger partial charge in [0.1, 0.15) is 0 Å². The van der Waals surface area contributed by atoms with Crippen LogP contribution in [0.15, 0.2) is 24.3 Å². The van der Waals surface area contributed by atoms with Crippen LogP contribution in [0.25, 0.3) is 10.9 Å². The number of H-pyrrole nitrogens is 2. The molecule has 4 rings (SSSR count). The number of aromatic amines is 2. The maximum absolute atomic E-state index is 12.6. The highest BCUT2D eigenvalue weighted by Crippen LogP contribution is 2.21. The Bertz CT molecular complexity index is 847. The third-order valence-electron chi connectivity index (χ3n) is 4.35. The molecule has 6 nitrogen and oxygen atoms in total. The summed E-state index contributed by atoms with van der Waals surface area (Å²) in [5, 5.41) is 15.6. The van der Waals surface area contributed by atoms with E-state index in [1.165, 1.54) is 0 Å². The first-order valence-electron chi connectivity index (χ1n) is 7.45. The molecule has 0 fully saturated rings. The van der Waals surface area contributed by atoms with Gasteiger partial charge in [-0.15, -0.1) is 0 Å². The van der Waals surface area contributed by atoms with Gasteiger partial charge in [0, 0.05) is 36.2 Å². The Hall–Kier alpha value is -2.63. The molecule has 1 aliphatic heterocycles. The first-order valence-corrected chi connectivity index (χ1v) is 7.45. The zero-order valence-electron chi connectivity index (χ0n) is 12.4. The normalized spacial score (nSPS) is 14.3.